The summed E-state index contributed by atoms with van der Waals surface area (Å²) in [5.74, 6) is 0.255. The van der Waals surface area contributed by atoms with Gasteiger partial charge < -0.3 is 10.4 Å². The molecule has 2 N–H and O–H groups in total. The lowest BCUT2D eigenvalue weighted by molar-refractivity contribution is 0.190. The second-order valence-corrected chi connectivity index (χ2v) is 5.53. The Morgan fingerprint density at radius 2 is 2.12 bits per heavy atom. The first-order valence-electron chi connectivity index (χ1n) is 7.10. The molecule has 3 aromatic rings. The SMILES string of the molecule is CC(NC(=O)O)c1nc2cccc(Cl)c2c(=O)n1-c1cccnc1. The molecular weight excluding hydrogens is 332 g/mol. The van der Waals surface area contributed by atoms with E-state index >= 15 is 0 Å². The summed E-state index contributed by atoms with van der Waals surface area (Å²) >= 11 is 6.16. The molecule has 24 heavy (non-hydrogen) atoms. The van der Waals surface area contributed by atoms with Gasteiger partial charge in [-0.2, -0.15) is 0 Å². The van der Waals surface area contributed by atoms with Crippen molar-refractivity contribution in [3.63, 3.8) is 0 Å². The van der Waals surface area contributed by atoms with E-state index in [-0.39, 0.29) is 21.8 Å². The molecular formula is C16H13ClN4O3. The smallest absolute Gasteiger partial charge is 0.405 e. The number of rotatable bonds is 3. The Morgan fingerprint density at radius 3 is 2.79 bits per heavy atom. The van der Waals surface area contributed by atoms with Gasteiger partial charge in [0.25, 0.3) is 5.56 Å². The second kappa shape index (κ2) is 6.29. The van der Waals surface area contributed by atoms with Gasteiger partial charge in [0.05, 0.1) is 33.9 Å². The highest BCUT2D eigenvalue weighted by atomic mass is 35.5. The Hall–Kier alpha value is -2.93. The third kappa shape index (κ3) is 2.81. The zero-order chi connectivity index (χ0) is 17.3. The number of aromatic nitrogens is 3. The van der Waals surface area contributed by atoms with Gasteiger partial charge >= 0.3 is 6.09 Å². The summed E-state index contributed by atoms with van der Waals surface area (Å²) < 4.78 is 1.32. The molecule has 0 saturated carbocycles. The van der Waals surface area contributed by atoms with Crippen molar-refractivity contribution in [1.29, 1.82) is 0 Å². The lowest BCUT2D eigenvalue weighted by Gasteiger charge is -2.18. The molecule has 0 aliphatic heterocycles. The third-order valence-electron chi connectivity index (χ3n) is 3.50. The highest BCUT2D eigenvalue weighted by molar-refractivity contribution is 6.35. The van der Waals surface area contributed by atoms with E-state index in [0.29, 0.717) is 11.2 Å². The molecule has 122 valence electrons. The van der Waals surface area contributed by atoms with Crippen molar-refractivity contribution in [3.05, 3.63) is 63.9 Å². The molecule has 0 bridgehead atoms. The minimum absolute atomic E-state index is 0.255. The number of benzene rings is 1. The van der Waals surface area contributed by atoms with E-state index in [1.165, 1.54) is 10.8 Å². The molecule has 0 spiro atoms. The van der Waals surface area contributed by atoms with Crippen LogP contribution in [0.3, 0.4) is 0 Å². The second-order valence-electron chi connectivity index (χ2n) is 5.13. The number of hydrogen-bond donors (Lipinski definition) is 2. The van der Waals surface area contributed by atoms with E-state index in [1.807, 2.05) is 0 Å². The van der Waals surface area contributed by atoms with E-state index in [9.17, 15) is 9.59 Å². The van der Waals surface area contributed by atoms with E-state index in [0.717, 1.165) is 0 Å². The molecule has 0 saturated heterocycles. The van der Waals surface area contributed by atoms with Crippen LogP contribution in [0.15, 0.2) is 47.5 Å². The maximum Gasteiger partial charge on any atom is 0.405 e. The Balaban J connectivity index is 2.37. The largest absolute Gasteiger partial charge is 0.465 e. The number of nitrogens with zero attached hydrogens (tertiary/aromatic N) is 3. The van der Waals surface area contributed by atoms with Gasteiger partial charge in [0.2, 0.25) is 0 Å². The number of hydrogen-bond acceptors (Lipinski definition) is 4. The number of fused-ring (bicyclic) bond motifs is 1. The van der Waals surface area contributed by atoms with Crippen molar-refractivity contribution >= 4 is 28.6 Å². The molecule has 8 heteroatoms. The fraction of sp³-hybridized carbons (Fsp3) is 0.125. The van der Waals surface area contributed by atoms with Crippen molar-refractivity contribution in [2.24, 2.45) is 0 Å². The van der Waals surface area contributed by atoms with Gasteiger partial charge in [0.1, 0.15) is 5.82 Å². The lowest BCUT2D eigenvalue weighted by Crippen LogP contribution is -2.32. The molecule has 1 atom stereocenters. The van der Waals surface area contributed by atoms with Crippen LogP contribution in [0.2, 0.25) is 5.02 Å². The first kappa shape index (κ1) is 15.9. The van der Waals surface area contributed by atoms with Gasteiger partial charge in [0, 0.05) is 6.20 Å². The Bertz CT molecular complexity index is 972. The van der Waals surface area contributed by atoms with Crippen molar-refractivity contribution in [2.45, 2.75) is 13.0 Å². The maximum atomic E-state index is 13.0. The highest BCUT2D eigenvalue weighted by Gasteiger charge is 2.20. The minimum atomic E-state index is -1.21. The van der Waals surface area contributed by atoms with Crippen LogP contribution in [0.1, 0.15) is 18.8 Å². The van der Waals surface area contributed by atoms with Gasteiger partial charge in [-0.25, -0.2) is 9.78 Å². The molecule has 1 unspecified atom stereocenters. The first-order valence-corrected chi connectivity index (χ1v) is 7.48. The number of halogens is 1. The summed E-state index contributed by atoms with van der Waals surface area (Å²) in [5, 5.41) is 11.8. The number of carbonyl (C=O) groups is 1. The van der Waals surface area contributed by atoms with E-state index < -0.39 is 12.1 Å². The average molecular weight is 345 g/mol. The standard InChI is InChI=1S/C16H13ClN4O3/c1-9(19-16(23)24)14-20-12-6-2-5-11(17)13(12)15(22)21(14)10-4-3-7-18-8-10/h2-9,19H,1H3,(H,23,24). The molecule has 2 aromatic heterocycles. The fourth-order valence-corrected chi connectivity index (χ4v) is 2.73. The first-order chi connectivity index (χ1) is 11.5. The van der Waals surface area contributed by atoms with E-state index in [4.69, 9.17) is 16.7 Å². The molecule has 0 fully saturated rings. The van der Waals surface area contributed by atoms with Crippen LogP contribution in [0.4, 0.5) is 4.79 Å². The predicted molar refractivity (Wildman–Crippen MR) is 89.7 cm³/mol. The molecule has 0 radical (unpaired) electrons. The maximum absolute atomic E-state index is 13.0. The number of amides is 1. The summed E-state index contributed by atoms with van der Waals surface area (Å²) in [5.41, 5.74) is 0.500. The summed E-state index contributed by atoms with van der Waals surface area (Å²) in [7, 11) is 0. The number of pyridine rings is 1. The quantitative estimate of drug-likeness (QED) is 0.761. The van der Waals surface area contributed by atoms with Crippen LogP contribution < -0.4 is 10.9 Å². The minimum Gasteiger partial charge on any atom is -0.465 e. The molecule has 3 rings (SSSR count). The Labute approximate surface area is 141 Å². The van der Waals surface area contributed by atoms with Gasteiger partial charge in [-0.05, 0) is 31.2 Å². The third-order valence-corrected chi connectivity index (χ3v) is 3.82. The zero-order valence-corrected chi connectivity index (χ0v) is 13.4. The van der Waals surface area contributed by atoms with E-state index in [2.05, 4.69) is 15.3 Å². The molecule has 0 aliphatic rings. The van der Waals surface area contributed by atoms with E-state index in [1.54, 1.807) is 43.5 Å². The van der Waals surface area contributed by atoms with Crippen LogP contribution in [-0.4, -0.2) is 25.7 Å². The fourth-order valence-electron chi connectivity index (χ4n) is 2.48. The van der Waals surface area contributed by atoms with Crippen LogP contribution in [0.5, 0.6) is 0 Å². The highest BCUT2D eigenvalue weighted by Crippen LogP contribution is 2.22. The van der Waals surface area contributed by atoms with Crippen molar-refractivity contribution in [3.8, 4) is 5.69 Å². The summed E-state index contributed by atoms with van der Waals surface area (Å²) in [4.78, 5) is 32.4. The monoisotopic (exact) mass is 344 g/mol. The van der Waals surface area contributed by atoms with Crippen LogP contribution in [0, 0.1) is 0 Å². The lowest BCUT2D eigenvalue weighted by atomic mass is 10.2. The van der Waals surface area contributed by atoms with Crippen LogP contribution in [0.25, 0.3) is 16.6 Å². The summed E-state index contributed by atoms with van der Waals surface area (Å²) in [6.07, 6.45) is 1.87. The van der Waals surface area contributed by atoms with Gasteiger partial charge in [-0.15, -0.1) is 0 Å². The van der Waals surface area contributed by atoms with Gasteiger partial charge in [-0.1, -0.05) is 17.7 Å². The topological polar surface area (TPSA) is 97.1 Å². The average Bonchev–Trinajstić information content (AvgIpc) is 2.54. The van der Waals surface area contributed by atoms with Crippen molar-refractivity contribution in [1.82, 2.24) is 19.9 Å². The van der Waals surface area contributed by atoms with Crippen molar-refractivity contribution < 1.29 is 9.90 Å². The molecule has 0 aliphatic carbocycles. The van der Waals surface area contributed by atoms with Crippen LogP contribution >= 0.6 is 11.6 Å². The van der Waals surface area contributed by atoms with Crippen LogP contribution in [-0.2, 0) is 0 Å². The van der Waals surface area contributed by atoms with Gasteiger partial charge in [0.15, 0.2) is 0 Å². The van der Waals surface area contributed by atoms with Crippen molar-refractivity contribution in [2.75, 3.05) is 0 Å². The summed E-state index contributed by atoms with van der Waals surface area (Å²) in [6.45, 7) is 1.61. The van der Waals surface area contributed by atoms with Gasteiger partial charge in [-0.3, -0.25) is 14.3 Å². The Kier molecular flexibility index (Phi) is 4.18. The molecule has 2 heterocycles. The predicted octanol–water partition coefficient (Wildman–Crippen LogP) is 2.76. The Morgan fingerprint density at radius 1 is 1.33 bits per heavy atom. The molecule has 7 nitrogen and oxygen atoms in total. The number of carboxylic acid groups (broad SMARTS) is 1. The normalized spacial score (nSPS) is 12.1. The number of nitrogens with one attached hydrogen (secondary N) is 1. The zero-order valence-electron chi connectivity index (χ0n) is 12.6. The molecule has 1 amide bonds. The summed E-state index contributed by atoms with van der Waals surface area (Å²) in [6, 6.07) is 7.61. The molecule has 1 aromatic carbocycles.